The highest BCUT2D eigenvalue weighted by Crippen LogP contribution is 2.34. The van der Waals surface area contributed by atoms with Crippen LogP contribution >= 0.6 is 11.3 Å². The molecule has 0 aliphatic carbocycles. The van der Waals surface area contributed by atoms with E-state index in [2.05, 4.69) is 9.88 Å². The predicted octanol–water partition coefficient (Wildman–Crippen LogP) is 2.35. The Labute approximate surface area is 125 Å². The van der Waals surface area contributed by atoms with Gasteiger partial charge in [0.2, 0.25) is 0 Å². The van der Waals surface area contributed by atoms with Crippen LogP contribution in [-0.2, 0) is 10.9 Å². The Morgan fingerprint density at radius 1 is 1.43 bits per heavy atom. The van der Waals surface area contributed by atoms with Gasteiger partial charge < -0.3 is 14.7 Å². The first-order valence-electron chi connectivity index (χ1n) is 6.94. The minimum Gasteiger partial charge on any atom is -0.394 e. The molecule has 120 valence electrons. The smallest absolute Gasteiger partial charge is 0.394 e. The van der Waals surface area contributed by atoms with Crippen molar-refractivity contribution in [2.75, 3.05) is 39.5 Å². The van der Waals surface area contributed by atoms with Gasteiger partial charge in [0.15, 0.2) is 5.69 Å². The van der Waals surface area contributed by atoms with Gasteiger partial charge in [0, 0.05) is 24.4 Å². The summed E-state index contributed by atoms with van der Waals surface area (Å²) < 4.78 is 43.0. The van der Waals surface area contributed by atoms with E-state index in [9.17, 15) is 13.2 Å². The molecule has 0 spiro atoms. The molecule has 1 atom stereocenters. The first-order chi connectivity index (χ1) is 10.0. The zero-order valence-corrected chi connectivity index (χ0v) is 12.4. The van der Waals surface area contributed by atoms with E-state index in [0.717, 1.165) is 42.6 Å². The maximum absolute atomic E-state index is 12.6. The van der Waals surface area contributed by atoms with Crippen LogP contribution in [0.15, 0.2) is 5.38 Å². The molecule has 0 aromatic carbocycles. The Morgan fingerprint density at radius 3 is 2.90 bits per heavy atom. The monoisotopic (exact) mass is 324 g/mol. The van der Waals surface area contributed by atoms with Crippen molar-refractivity contribution in [1.82, 2.24) is 9.88 Å². The molecule has 1 N–H and O–H groups in total. The molecule has 1 aliphatic heterocycles. The van der Waals surface area contributed by atoms with Crippen molar-refractivity contribution >= 4 is 11.3 Å². The summed E-state index contributed by atoms with van der Waals surface area (Å²) in [5, 5.41) is 10.3. The van der Waals surface area contributed by atoms with E-state index in [4.69, 9.17) is 9.84 Å². The Balaban J connectivity index is 1.87. The fraction of sp³-hybridized carbons (Fsp3) is 0.769. The normalized spacial score (nSPS) is 20.9. The van der Waals surface area contributed by atoms with Gasteiger partial charge in [-0.3, -0.25) is 0 Å². The van der Waals surface area contributed by atoms with Crippen LogP contribution in [0.2, 0.25) is 0 Å². The number of rotatable bonds is 6. The van der Waals surface area contributed by atoms with E-state index in [0.29, 0.717) is 24.8 Å². The number of likely N-dealkylation sites (tertiary alicyclic amines) is 1. The van der Waals surface area contributed by atoms with Gasteiger partial charge in [-0.2, -0.15) is 13.2 Å². The van der Waals surface area contributed by atoms with Gasteiger partial charge in [0.25, 0.3) is 0 Å². The van der Waals surface area contributed by atoms with Crippen molar-refractivity contribution in [3.8, 4) is 0 Å². The Bertz CT molecular complexity index is 439. The maximum Gasteiger partial charge on any atom is 0.434 e. The molecule has 2 rings (SSSR count). The molecule has 0 bridgehead atoms. The fourth-order valence-corrected chi connectivity index (χ4v) is 3.38. The average Bonchev–Trinajstić information content (AvgIpc) is 2.94. The summed E-state index contributed by atoms with van der Waals surface area (Å²) in [6, 6.07) is 0. The van der Waals surface area contributed by atoms with E-state index in [1.165, 1.54) is 0 Å². The highest BCUT2D eigenvalue weighted by atomic mass is 32.1. The average molecular weight is 324 g/mol. The molecule has 1 fully saturated rings. The molecule has 1 aliphatic rings. The molecule has 1 aromatic heterocycles. The molecule has 8 heteroatoms. The molecular formula is C13H19F3N2O2S. The second kappa shape index (κ2) is 7.53. The Hall–Kier alpha value is -0.700. The van der Waals surface area contributed by atoms with Crippen LogP contribution in [0, 0.1) is 0 Å². The van der Waals surface area contributed by atoms with Gasteiger partial charge >= 0.3 is 6.18 Å². The second-order valence-electron chi connectivity index (χ2n) is 5.04. The lowest BCUT2D eigenvalue weighted by Crippen LogP contribution is -2.36. The van der Waals surface area contributed by atoms with Crippen LogP contribution in [0.1, 0.15) is 29.5 Å². The summed E-state index contributed by atoms with van der Waals surface area (Å²) in [6.07, 6.45) is -2.54. The van der Waals surface area contributed by atoms with Gasteiger partial charge in [-0.25, -0.2) is 4.98 Å². The number of aliphatic hydroxyl groups is 1. The number of halogens is 3. The van der Waals surface area contributed by atoms with Crippen molar-refractivity contribution < 1.29 is 23.0 Å². The van der Waals surface area contributed by atoms with Crippen molar-refractivity contribution in [1.29, 1.82) is 0 Å². The highest BCUT2D eigenvalue weighted by Gasteiger charge is 2.35. The second-order valence-corrected chi connectivity index (χ2v) is 5.93. The minimum atomic E-state index is -4.36. The number of hydrogen-bond donors (Lipinski definition) is 1. The topological polar surface area (TPSA) is 45.6 Å². The van der Waals surface area contributed by atoms with Gasteiger partial charge in [0.1, 0.15) is 0 Å². The van der Waals surface area contributed by atoms with Crippen molar-refractivity contribution in [3.63, 3.8) is 0 Å². The minimum absolute atomic E-state index is 0.00194. The summed E-state index contributed by atoms with van der Waals surface area (Å²) in [5.74, 6) is 0.0673. The van der Waals surface area contributed by atoms with E-state index in [1.54, 1.807) is 0 Å². The molecule has 4 nitrogen and oxygen atoms in total. The van der Waals surface area contributed by atoms with Crippen LogP contribution in [0.5, 0.6) is 0 Å². The number of alkyl halides is 3. The summed E-state index contributed by atoms with van der Waals surface area (Å²) in [5.41, 5.74) is -0.786. The highest BCUT2D eigenvalue weighted by molar-refractivity contribution is 7.09. The van der Waals surface area contributed by atoms with Crippen LogP contribution in [-0.4, -0.2) is 54.4 Å². The van der Waals surface area contributed by atoms with Gasteiger partial charge in [0.05, 0.1) is 24.8 Å². The molecule has 1 aromatic rings. The number of piperidine rings is 1. The first-order valence-corrected chi connectivity index (χ1v) is 7.82. The lowest BCUT2D eigenvalue weighted by molar-refractivity contribution is -0.140. The molecular weight excluding hydrogens is 305 g/mol. The molecule has 0 saturated carbocycles. The van der Waals surface area contributed by atoms with Gasteiger partial charge in [-0.05, 0) is 19.4 Å². The van der Waals surface area contributed by atoms with Crippen LogP contribution in [0.25, 0.3) is 0 Å². The number of aliphatic hydroxyl groups excluding tert-OH is 1. The largest absolute Gasteiger partial charge is 0.434 e. The van der Waals surface area contributed by atoms with E-state index < -0.39 is 11.9 Å². The first kappa shape index (κ1) is 16.7. The lowest BCUT2D eigenvalue weighted by Gasteiger charge is -2.31. The molecule has 1 saturated heterocycles. The van der Waals surface area contributed by atoms with Crippen molar-refractivity contribution in [2.24, 2.45) is 0 Å². The number of aromatic nitrogens is 1. The fourth-order valence-electron chi connectivity index (χ4n) is 2.43. The SMILES string of the molecule is OCCOCCN1CCCC(c2nc(C(F)(F)F)cs2)C1. The zero-order valence-electron chi connectivity index (χ0n) is 11.6. The van der Waals surface area contributed by atoms with E-state index in [1.807, 2.05) is 0 Å². The summed E-state index contributed by atoms with van der Waals surface area (Å²) in [4.78, 5) is 5.93. The third-order valence-electron chi connectivity index (χ3n) is 3.45. The Kier molecular flexibility index (Phi) is 5.98. The maximum atomic E-state index is 12.6. The number of ether oxygens (including phenoxy) is 1. The lowest BCUT2D eigenvalue weighted by atomic mass is 9.99. The third-order valence-corrected chi connectivity index (χ3v) is 4.46. The van der Waals surface area contributed by atoms with Crippen molar-refractivity contribution in [3.05, 3.63) is 16.1 Å². The summed E-state index contributed by atoms with van der Waals surface area (Å²) >= 11 is 1.09. The number of hydrogen-bond acceptors (Lipinski definition) is 5. The van der Waals surface area contributed by atoms with Gasteiger partial charge in [-0.1, -0.05) is 0 Å². The van der Waals surface area contributed by atoms with Gasteiger partial charge in [-0.15, -0.1) is 11.3 Å². The molecule has 1 unspecified atom stereocenters. The van der Waals surface area contributed by atoms with E-state index >= 15 is 0 Å². The predicted molar refractivity (Wildman–Crippen MR) is 73.4 cm³/mol. The van der Waals surface area contributed by atoms with Crippen LogP contribution in [0.3, 0.4) is 0 Å². The summed E-state index contributed by atoms with van der Waals surface area (Å²) in [6.45, 7) is 3.22. The van der Waals surface area contributed by atoms with Crippen LogP contribution < -0.4 is 0 Å². The van der Waals surface area contributed by atoms with Crippen molar-refractivity contribution in [2.45, 2.75) is 24.9 Å². The number of thiazole rings is 1. The molecule has 21 heavy (non-hydrogen) atoms. The quantitative estimate of drug-likeness (QED) is 0.816. The molecule has 0 amide bonds. The number of nitrogens with zero attached hydrogens (tertiary/aromatic N) is 2. The standard InChI is InChI=1S/C13H19F3N2O2S/c14-13(15,16)11-9-21-12(17-11)10-2-1-3-18(8-10)4-6-20-7-5-19/h9-10,19H,1-8H2. The zero-order chi connectivity index (χ0) is 15.3. The van der Waals surface area contributed by atoms with Crippen LogP contribution in [0.4, 0.5) is 13.2 Å². The Morgan fingerprint density at radius 2 is 2.24 bits per heavy atom. The molecule has 2 heterocycles. The summed E-state index contributed by atoms with van der Waals surface area (Å²) in [7, 11) is 0. The third kappa shape index (κ3) is 4.91. The van der Waals surface area contributed by atoms with E-state index in [-0.39, 0.29) is 12.5 Å². The molecule has 0 radical (unpaired) electrons.